The molecule has 0 aliphatic rings. The van der Waals surface area contributed by atoms with Gasteiger partial charge in [-0.25, -0.2) is 0 Å². The summed E-state index contributed by atoms with van der Waals surface area (Å²) in [7, 11) is 6.35. The Hall–Kier alpha value is -3.22. The molecule has 2 amide bonds. The number of nitrogens with one attached hydrogen (secondary N) is 1. The summed E-state index contributed by atoms with van der Waals surface area (Å²) in [6, 6.07) is 12.4. The predicted octanol–water partition coefficient (Wildman–Crippen LogP) is 2.10. The summed E-state index contributed by atoms with van der Waals surface area (Å²) in [6.45, 7) is 0.0604. The minimum Gasteiger partial charge on any atom is -0.496 e. The summed E-state index contributed by atoms with van der Waals surface area (Å²) >= 11 is 0. The molecule has 7 heteroatoms. The molecule has 2 aromatic carbocycles. The maximum absolute atomic E-state index is 12.3. The lowest BCUT2D eigenvalue weighted by molar-refractivity contribution is -0.123. The molecule has 144 valence electrons. The zero-order valence-corrected chi connectivity index (χ0v) is 15.9. The molecule has 0 aliphatic carbocycles. The summed E-state index contributed by atoms with van der Waals surface area (Å²) in [5.41, 5.74) is 1.19. The van der Waals surface area contributed by atoms with Crippen LogP contribution in [0.25, 0.3) is 0 Å². The second kappa shape index (κ2) is 9.47. The van der Waals surface area contributed by atoms with Crippen LogP contribution in [-0.4, -0.2) is 51.6 Å². The van der Waals surface area contributed by atoms with Gasteiger partial charge in [0.25, 0.3) is 11.8 Å². The monoisotopic (exact) mass is 372 g/mol. The second-order valence-corrected chi connectivity index (χ2v) is 5.91. The van der Waals surface area contributed by atoms with Crippen molar-refractivity contribution in [3.05, 3.63) is 53.6 Å². The molecule has 0 bridgehead atoms. The van der Waals surface area contributed by atoms with Gasteiger partial charge in [-0.05, 0) is 18.2 Å². The standard InChI is InChI=1S/C20H24N2O5/c1-22(2)20(24)15-9-7-11-17(26-4)19(15)27-13-18(23)21-12-14-8-5-6-10-16(14)25-3/h5-11H,12-13H2,1-4H3,(H,21,23). The highest BCUT2D eigenvalue weighted by atomic mass is 16.5. The van der Waals surface area contributed by atoms with Gasteiger partial charge in [0.15, 0.2) is 18.1 Å². The number of rotatable bonds is 8. The molecule has 0 fully saturated rings. The molecule has 0 saturated heterocycles. The number of para-hydroxylation sites is 2. The Morgan fingerprint density at radius 3 is 2.30 bits per heavy atom. The van der Waals surface area contributed by atoms with Gasteiger partial charge in [-0.2, -0.15) is 0 Å². The maximum atomic E-state index is 12.3. The molecule has 27 heavy (non-hydrogen) atoms. The SMILES string of the molecule is COc1ccccc1CNC(=O)COc1c(OC)cccc1C(=O)N(C)C. The number of methoxy groups -OCH3 is 2. The van der Waals surface area contributed by atoms with Gasteiger partial charge in [-0.3, -0.25) is 9.59 Å². The van der Waals surface area contributed by atoms with Crippen molar-refractivity contribution in [2.45, 2.75) is 6.54 Å². The Balaban J connectivity index is 2.05. The van der Waals surface area contributed by atoms with Gasteiger partial charge in [0.1, 0.15) is 5.75 Å². The third-order valence-electron chi connectivity index (χ3n) is 3.85. The molecule has 0 atom stereocenters. The number of hydrogen-bond acceptors (Lipinski definition) is 5. The number of hydrogen-bond donors (Lipinski definition) is 1. The predicted molar refractivity (Wildman–Crippen MR) is 101 cm³/mol. The zero-order valence-electron chi connectivity index (χ0n) is 15.9. The van der Waals surface area contributed by atoms with E-state index in [4.69, 9.17) is 14.2 Å². The lowest BCUT2D eigenvalue weighted by Gasteiger charge is -2.17. The molecule has 7 nitrogen and oxygen atoms in total. The first-order chi connectivity index (χ1) is 13.0. The van der Waals surface area contributed by atoms with Crippen LogP contribution in [0.3, 0.4) is 0 Å². The molecule has 0 aliphatic heterocycles. The van der Waals surface area contributed by atoms with Crippen LogP contribution in [0.4, 0.5) is 0 Å². The first-order valence-electron chi connectivity index (χ1n) is 8.38. The number of carbonyl (C=O) groups is 2. The summed E-state index contributed by atoms with van der Waals surface area (Å²) in [6.07, 6.45) is 0. The van der Waals surface area contributed by atoms with E-state index in [-0.39, 0.29) is 24.2 Å². The summed E-state index contributed by atoms with van der Waals surface area (Å²) < 4.78 is 16.1. The number of nitrogens with zero attached hydrogens (tertiary/aromatic N) is 1. The summed E-state index contributed by atoms with van der Waals surface area (Å²) in [5, 5.41) is 2.77. The van der Waals surface area contributed by atoms with Crippen molar-refractivity contribution in [1.29, 1.82) is 0 Å². The van der Waals surface area contributed by atoms with Crippen LogP contribution in [0, 0.1) is 0 Å². The van der Waals surface area contributed by atoms with E-state index in [1.165, 1.54) is 12.0 Å². The molecule has 0 unspecified atom stereocenters. The van der Waals surface area contributed by atoms with E-state index < -0.39 is 0 Å². The van der Waals surface area contributed by atoms with Crippen molar-refractivity contribution in [1.82, 2.24) is 10.2 Å². The van der Waals surface area contributed by atoms with Gasteiger partial charge in [0.05, 0.1) is 19.8 Å². The van der Waals surface area contributed by atoms with Crippen LogP contribution in [-0.2, 0) is 11.3 Å². The highest BCUT2D eigenvalue weighted by molar-refractivity contribution is 5.97. The third-order valence-corrected chi connectivity index (χ3v) is 3.85. The Morgan fingerprint density at radius 2 is 1.63 bits per heavy atom. The molecule has 2 aromatic rings. The van der Waals surface area contributed by atoms with Gasteiger partial charge in [-0.15, -0.1) is 0 Å². The zero-order chi connectivity index (χ0) is 19.8. The molecule has 0 saturated carbocycles. The fourth-order valence-corrected chi connectivity index (χ4v) is 2.47. The fourth-order valence-electron chi connectivity index (χ4n) is 2.47. The van der Waals surface area contributed by atoms with Gasteiger partial charge < -0.3 is 24.4 Å². The van der Waals surface area contributed by atoms with Crippen LogP contribution < -0.4 is 19.5 Å². The van der Waals surface area contributed by atoms with E-state index in [2.05, 4.69) is 5.32 Å². The molecule has 0 spiro atoms. The van der Waals surface area contributed by atoms with Crippen molar-refractivity contribution < 1.29 is 23.8 Å². The third kappa shape index (κ3) is 5.13. The summed E-state index contributed by atoms with van der Waals surface area (Å²) in [4.78, 5) is 26.0. The number of carbonyl (C=O) groups excluding carboxylic acids is 2. The molecule has 0 heterocycles. The van der Waals surface area contributed by atoms with E-state index in [0.29, 0.717) is 23.6 Å². The van der Waals surface area contributed by atoms with E-state index in [1.54, 1.807) is 39.4 Å². The average molecular weight is 372 g/mol. The number of ether oxygens (including phenoxy) is 3. The smallest absolute Gasteiger partial charge is 0.258 e. The molecular formula is C20H24N2O5. The van der Waals surface area contributed by atoms with Gasteiger partial charge >= 0.3 is 0 Å². The quantitative estimate of drug-likeness (QED) is 0.768. The van der Waals surface area contributed by atoms with Crippen LogP contribution in [0.15, 0.2) is 42.5 Å². The first kappa shape index (κ1) is 20.1. The van der Waals surface area contributed by atoms with E-state index in [9.17, 15) is 9.59 Å². The molecule has 0 aromatic heterocycles. The maximum Gasteiger partial charge on any atom is 0.258 e. The van der Waals surface area contributed by atoms with Gasteiger partial charge in [-0.1, -0.05) is 24.3 Å². The van der Waals surface area contributed by atoms with Crippen LogP contribution >= 0.6 is 0 Å². The Morgan fingerprint density at radius 1 is 0.963 bits per heavy atom. The molecule has 0 radical (unpaired) electrons. The lowest BCUT2D eigenvalue weighted by Crippen LogP contribution is -2.29. The topological polar surface area (TPSA) is 77.1 Å². The Labute approximate surface area is 158 Å². The fraction of sp³-hybridized carbons (Fsp3) is 0.300. The minimum atomic E-state index is -0.324. The lowest BCUT2D eigenvalue weighted by atomic mass is 10.1. The second-order valence-electron chi connectivity index (χ2n) is 5.91. The van der Waals surface area contributed by atoms with E-state index >= 15 is 0 Å². The van der Waals surface area contributed by atoms with Crippen LogP contribution in [0.2, 0.25) is 0 Å². The van der Waals surface area contributed by atoms with Gasteiger partial charge in [0, 0.05) is 26.2 Å². The highest BCUT2D eigenvalue weighted by Crippen LogP contribution is 2.31. The summed E-state index contributed by atoms with van der Waals surface area (Å²) in [5.74, 6) is 0.766. The normalized spacial score (nSPS) is 10.1. The van der Waals surface area contributed by atoms with Crippen molar-refractivity contribution >= 4 is 11.8 Å². The number of benzene rings is 2. The number of amides is 2. The van der Waals surface area contributed by atoms with Crippen LogP contribution in [0.5, 0.6) is 17.2 Å². The van der Waals surface area contributed by atoms with Crippen molar-refractivity contribution in [2.24, 2.45) is 0 Å². The van der Waals surface area contributed by atoms with E-state index in [1.807, 2.05) is 24.3 Å². The van der Waals surface area contributed by atoms with E-state index in [0.717, 1.165) is 5.56 Å². The average Bonchev–Trinajstić information content (AvgIpc) is 2.69. The molecular weight excluding hydrogens is 348 g/mol. The Kier molecular flexibility index (Phi) is 7.05. The van der Waals surface area contributed by atoms with Crippen LogP contribution in [0.1, 0.15) is 15.9 Å². The minimum absolute atomic E-state index is 0.238. The van der Waals surface area contributed by atoms with Gasteiger partial charge in [0.2, 0.25) is 0 Å². The Bertz CT molecular complexity index is 805. The highest BCUT2D eigenvalue weighted by Gasteiger charge is 2.19. The van der Waals surface area contributed by atoms with Crippen molar-refractivity contribution in [3.63, 3.8) is 0 Å². The molecule has 2 rings (SSSR count). The van der Waals surface area contributed by atoms with Crippen molar-refractivity contribution in [2.75, 3.05) is 34.9 Å². The molecule has 1 N–H and O–H groups in total. The first-order valence-corrected chi connectivity index (χ1v) is 8.38. The largest absolute Gasteiger partial charge is 0.496 e. The van der Waals surface area contributed by atoms with Crippen molar-refractivity contribution in [3.8, 4) is 17.2 Å².